The Labute approximate surface area is 256 Å². The van der Waals surface area contributed by atoms with Gasteiger partial charge in [0.05, 0.1) is 25.9 Å². The third-order valence-electron chi connectivity index (χ3n) is 7.32. The summed E-state index contributed by atoms with van der Waals surface area (Å²) < 4.78 is 80.1. The molecule has 3 saturated heterocycles. The molecular weight excluding hydrogens is 669 g/mol. The monoisotopic (exact) mass is 692 g/mol. The first-order valence-corrected chi connectivity index (χ1v) is 18.1. The molecule has 0 saturated carbocycles. The van der Waals surface area contributed by atoms with Gasteiger partial charge in [0.15, 0.2) is 35.3 Å². The lowest BCUT2D eigenvalue weighted by atomic mass is 10.1. The third kappa shape index (κ3) is 5.07. The first-order chi connectivity index (χ1) is 20.9. The van der Waals surface area contributed by atoms with E-state index in [-0.39, 0.29) is 34.0 Å². The van der Waals surface area contributed by atoms with Crippen molar-refractivity contribution in [2.45, 2.75) is 42.5 Å². The summed E-state index contributed by atoms with van der Waals surface area (Å²) in [4.78, 5) is 24.2. The fraction of sp³-hybridized carbons (Fsp3) is 0.500. The molecule has 2 unspecified atom stereocenters. The highest BCUT2D eigenvalue weighted by Gasteiger charge is 2.58. The average Bonchev–Trinajstić information content (AvgIpc) is 3.73. The Morgan fingerprint density at radius 2 is 1.52 bits per heavy atom. The Balaban J connectivity index is 1.22. The molecule has 0 aliphatic carbocycles. The van der Waals surface area contributed by atoms with Crippen molar-refractivity contribution in [2.24, 2.45) is 0 Å². The molecule has 5 N–H and O–H groups in total. The minimum absolute atomic E-state index is 0.00473. The predicted octanol–water partition coefficient (Wildman–Crippen LogP) is 1.00. The van der Waals surface area contributed by atoms with E-state index in [0.29, 0.717) is 0 Å². The molecule has 0 amide bonds. The number of hydrogen-bond acceptors (Lipinski definition) is 17. The van der Waals surface area contributed by atoms with Crippen LogP contribution >= 0.6 is 38.1 Å². The first kappa shape index (κ1) is 30.2. The number of hydrogen-bond donors (Lipinski definition) is 5. The third-order valence-corrected chi connectivity index (χ3v) is 10.5. The lowest BCUT2D eigenvalue weighted by molar-refractivity contribution is -0.0591. The van der Waals surface area contributed by atoms with Crippen molar-refractivity contribution >= 4 is 72.1 Å². The molecule has 3 aliphatic rings. The van der Waals surface area contributed by atoms with Gasteiger partial charge in [0.25, 0.3) is 0 Å². The molecule has 7 rings (SSSR count). The Morgan fingerprint density at radius 1 is 0.909 bits per heavy atom. The molecule has 4 aromatic rings. The highest BCUT2D eigenvalue weighted by atomic mass is 32.7. The summed E-state index contributed by atoms with van der Waals surface area (Å²) in [6.07, 6.45) is -3.81. The van der Waals surface area contributed by atoms with Crippen molar-refractivity contribution in [1.29, 1.82) is 0 Å². The number of nitrogens with zero attached hydrogens (tertiary/aromatic N) is 8. The van der Waals surface area contributed by atoms with Crippen LogP contribution in [0.3, 0.4) is 0 Å². The second-order valence-electron chi connectivity index (χ2n) is 9.98. The van der Waals surface area contributed by atoms with Crippen LogP contribution in [-0.2, 0) is 42.5 Å². The zero-order valence-electron chi connectivity index (χ0n) is 22.0. The van der Waals surface area contributed by atoms with Gasteiger partial charge in [0.1, 0.15) is 54.7 Å². The molecule has 3 aliphatic heterocycles. The fourth-order valence-corrected chi connectivity index (χ4v) is 8.18. The Hall–Kier alpha value is -2.49. The Kier molecular flexibility index (Phi) is 7.41. The highest BCUT2D eigenvalue weighted by molar-refractivity contribution is 8.44. The van der Waals surface area contributed by atoms with E-state index in [9.17, 15) is 14.2 Å². The molecular formula is C20H23FN10O9P2S2. The molecule has 7 heterocycles. The van der Waals surface area contributed by atoms with Crippen LogP contribution in [0.15, 0.2) is 25.3 Å². The number of anilines is 2. The maximum Gasteiger partial charge on any atom is 0.386 e. The minimum atomic E-state index is -4.44. The summed E-state index contributed by atoms with van der Waals surface area (Å²) in [5, 5.41) is 11.1. The van der Waals surface area contributed by atoms with Crippen LogP contribution in [0.1, 0.15) is 6.23 Å². The van der Waals surface area contributed by atoms with E-state index in [1.165, 1.54) is 17.2 Å². The Bertz CT molecular complexity index is 1850. The molecule has 0 radical (unpaired) electrons. The SMILES string of the molecule is Nc1ncnc2c1ncn2[C@@H]1O[C@@H]2COP(=O)(S)O[C@@H]3[C@@H](COP(=O)(S)O[C@@H]1[C@@H]2O)OC[C@@]3(F)n1cnc2c(N)ncnc21. The molecule has 24 heteroatoms. The van der Waals surface area contributed by atoms with E-state index in [0.717, 1.165) is 17.2 Å². The second kappa shape index (κ2) is 10.8. The van der Waals surface area contributed by atoms with E-state index >= 15 is 4.39 Å². The van der Waals surface area contributed by atoms with Crippen LogP contribution < -0.4 is 11.5 Å². The summed E-state index contributed by atoms with van der Waals surface area (Å²) in [5.41, 5.74) is 12.3. The largest absolute Gasteiger partial charge is 0.387 e. The summed E-state index contributed by atoms with van der Waals surface area (Å²) in [7, 11) is 0. The van der Waals surface area contributed by atoms with Gasteiger partial charge in [-0.3, -0.25) is 27.2 Å². The molecule has 19 nitrogen and oxygen atoms in total. The van der Waals surface area contributed by atoms with Gasteiger partial charge in [-0.1, -0.05) is 24.5 Å². The Morgan fingerprint density at radius 3 is 2.25 bits per heavy atom. The van der Waals surface area contributed by atoms with Gasteiger partial charge >= 0.3 is 13.6 Å². The van der Waals surface area contributed by atoms with E-state index in [2.05, 4.69) is 54.4 Å². The van der Waals surface area contributed by atoms with Crippen molar-refractivity contribution in [3.8, 4) is 0 Å². The minimum Gasteiger partial charge on any atom is -0.387 e. The summed E-state index contributed by atoms with van der Waals surface area (Å²) in [6.45, 7) is -10.7. The van der Waals surface area contributed by atoms with E-state index in [4.69, 9.17) is 39.0 Å². The number of aliphatic hydroxyl groups is 1. The maximum absolute atomic E-state index is 16.9. The number of aliphatic hydroxyl groups excluding tert-OH is 1. The zero-order valence-corrected chi connectivity index (χ0v) is 25.6. The highest BCUT2D eigenvalue weighted by Crippen LogP contribution is 2.60. The van der Waals surface area contributed by atoms with Crippen LogP contribution in [0.5, 0.6) is 0 Å². The lowest BCUT2D eigenvalue weighted by Crippen LogP contribution is -2.45. The number of ether oxygens (including phenoxy) is 2. The smallest absolute Gasteiger partial charge is 0.386 e. The van der Waals surface area contributed by atoms with Crippen LogP contribution in [-0.4, -0.2) is 94.5 Å². The molecule has 9 atom stereocenters. The van der Waals surface area contributed by atoms with Crippen molar-refractivity contribution in [2.75, 3.05) is 31.3 Å². The second-order valence-corrected chi connectivity index (χ2v) is 15.7. The molecule has 0 aromatic carbocycles. The number of aromatic nitrogens is 8. The quantitative estimate of drug-likeness (QED) is 0.145. The van der Waals surface area contributed by atoms with Crippen molar-refractivity contribution in [1.82, 2.24) is 39.0 Å². The van der Waals surface area contributed by atoms with Gasteiger partial charge in [0, 0.05) is 0 Å². The summed E-state index contributed by atoms with van der Waals surface area (Å²) >= 11 is 8.11. The zero-order chi connectivity index (χ0) is 31.0. The summed E-state index contributed by atoms with van der Waals surface area (Å²) in [6, 6.07) is 0. The standard InChI is InChI=1S/C20H23FN10O9P2S2/c21-20(31-7-29-11-16(23)25-5-27-18(11)31)3-35-9-2-37-41(33,43)39-13-12(32)8(1-36-42(34,44)40-14(9)20)38-19(13)30-6-28-10-15(22)24-4-26-17(10)30/h4-9,12-14,19,32H,1-3H2,(H,33,43)(H,34,44)(H2,22,24,26)(H2,23,25,27)/t8-,9-,12-,13-,14-,19-,20-,41?,42?/m1/s1. The van der Waals surface area contributed by atoms with Gasteiger partial charge in [-0.2, -0.15) is 0 Å². The van der Waals surface area contributed by atoms with Crippen molar-refractivity contribution < 1.29 is 46.2 Å². The van der Waals surface area contributed by atoms with Gasteiger partial charge in [-0.25, -0.2) is 43.4 Å². The number of thiol groups is 2. The first-order valence-electron chi connectivity index (χ1n) is 12.7. The number of halogens is 1. The van der Waals surface area contributed by atoms with Crippen molar-refractivity contribution in [3.63, 3.8) is 0 Å². The van der Waals surface area contributed by atoms with Crippen molar-refractivity contribution in [3.05, 3.63) is 25.3 Å². The van der Waals surface area contributed by atoms with E-state index < -0.39 is 76.0 Å². The number of nitrogens with two attached hydrogens (primary N) is 2. The molecule has 236 valence electrons. The molecule has 4 aromatic heterocycles. The molecule has 44 heavy (non-hydrogen) atoms. The van der Waals surface area contributed by atoms with Crippen LogP contribution in [0.2, 0.25) is 0 Å². The van der Waals surface area contributed by atoms with Gasteiger partial charge in [0.2, 0.25) is 5.79 Å². The molecule has 3 fully saturated rings. The van der Waals surface area contributed by atoms with E-state index in [1.807, 2.05) is 0 Å². The predicted molar refractivity (Wildman–Crippen MR) is 153 cm³/mol. The molecule has 0 spiro atoms. The summed E-state index contributed by atoms with van der Waals surface area (Å²) in [5.74, 6) is -2.54. The number of nitrogen functional groups attached to an aromatic ring is 2. The maximum atomic E-state index is 16.9. The van der Waals surface area contributed by atoms with Crippen LogP contribution in [0.25, 0.3) is 22.3 Å². The fourth-order valence-electron chi connectivity index (χ4n) is 5.24. The molecule has 2 bridgehead atoms. The van der Waals surface area contributed by atoms with Gasteiger partial charge in [-0.05, 0) is 0 Å². The topological polar surface area (TPSA) is 249 Å². The number of fused-ring (bicyclic) bond motifs is 5. The lowest BCUT2D eigenvalue weighted by Gasteiger charge is -2.31. The van der Waals surface area contributed by atoms with Crippen LogP contribution in [0.4, 0.5) is 16.0 Å². The number of imidazole rings is 2. The number of alkyl halides is 1. The number of rotatable bonds is 2. The van der Waals surface area contributed by atoms with Crippen LogP contribution in [0, 0.1) is 0 Å². The van der Waals surface area contributed by atoms with E-state index in [1.54, 1.807) is 0 Å². The van der Waals surface area contributed by atoms with Gasteiger partial charge in [-0.15, -0.1) is 0 Å². The van der Waals surface area contributed by atoms with Gasteiger partial charge < -0.3 is 26.0 Å². The average molecular weight is 693 g/mol. The normalized spacial score (nSPS) is 38.3.